The molecule has 1 amide bonds. The molecule has 0 aromatic heterocycles. The van der Waals surface area contributed by atoms with Crippen LogP contribution in [-0.4, -0.2) is 24.8 Å². The first-order valence-electron chi connectivity index (χ1n) is 8.47. The van der Waals surface area contributed by atoms with Crippen LogP contribution < -0.4 is 15.5 Å². The average Bonchev–Trinajstić information content (AvgIpc) is 2.89. The van der Waals surface area contributed by atoms with E-state index in [-0.39, 0.29) is 24.2 Å². The van der Waals surface area contributed by atoms with Gasteiger partial charge in [0.15, 0.2) is 6.29 Å². The Morgan fingerprint density at radius 2 is 2.09 bits per heavy atom. The number of rotatable bonds is 4. The number of carbonyl (C=O) groups excluding carboxylic acids is 1. The van der Waals surface area contributed by atoms with Gasteiger partial charge in [-0.1, -0.05) is 38.5 Å². The Labute approximate surface area is 133 Å². The topological polar surface area (TPSA) is 44.4 Å². The van der Waals surface area contributed by atoms with E-state index in [0.29, 0.717) is 5.92 Å². The van der Waals surface area contributed by atoms with E-state index in [2.05, 4.69) is 60.6 Å². The molecule has 0 aliphatic carbocycles. The van der Waals surface area contributed by atoms with Gasteiger partial charge in [0.25, 0.3) is 0 Å². The summed E-state index contributed by atoms with van der Waals surface area (Å²) in [6, 6.07) is 8.68. The summed E-state index contributed by atoms with van der Waals surface area (Å²) >= 11 is 0. The Bertz CT molecular complexity index is 543. The second-order valence-corrected chi connectivity index (χ2v) is 7.02. The van der Waals surface area contributed by atoms with E-state index in [1.807, 2.05) is 0 Å². The summed E-state index contributed by atoms with van der Waals surface area (Å²) in [6.45, 7) is 7.52. The Morgan fingerprint density at radius 3 is 2.82 bits per heavy atom. The van der Waals surface area contributed by atoms with Crippen LogP contribution in [0.15, 0.2) is 24.3 Å². The van der Waals surface area contributed by atoms with Gasteiger partial charge < -0.3 is 10.2 Å². The normalized spacial score (nSPS) is 27.9. The van der Waals surface area contributed by atoms with Gasteiger partial charge in [0.1, 0.15) is 0 Å². The van der Waals surface area contributed by atoms with Crippen LogP contribution in [0.1, 0.15) is 39.2 Å². The third-order valence-electron chi connectivity index (χ3n) is 4.93. The molecule has 2 aliphatic heterocycles. The van der Waals surface area contributed by atoms with Crippen molar-refractivity contribution in [2.24, 2.45) is 11.8 Å². The largest absolute Gasteiger partial charge is 0.338 e. The van der Waals surface area contributed by atoms with Crippen LogP contribution >= 0.6 is 0 Å². The first-order valence-corrected chi connectivity index (χ1v) is 8.47. The third kappa shape index (κ3) is 2.98. The van der Waals surface area contributed by atoms with E-state index in [0.717, 1.165) is 25.8 Å². The Balaban J connectivity index is 1.68. The summed E-state index contributed by atoms with van der Waals surface area (Å²) in [5.74, 6) is 0.918. The zero-order valence-corrected chi connectivity index (χ0v) is 13.8. The van der Waals surface area contributed by atoms with Crippen LogP contribution in [0.3, 0.4) is 0 Å². The summed E-state index contributed by atoms with van der Waals surface area (Å²) in [6.07, 6.45) is 3.03. The Morgan fingerprint density at radius 1 is 1.32 bits per heavy atom. The molecule has 2 aliphatic rings. The SMILES string of the molecule is CC(C)CCC1C(=O)NC(N2CCc3ccccc32)NC1C. The molecule has 3 atom stereocenters. The van der Waals surface area contributed by atoms with E-state index in [1.165, 1.54) is 11.3 Å². The molecule has 2 N–H and O–H groups in total. The monoisotopic (exact) mass is 301 g/mol. The molecule has 1 saturated heterocycles. The Kier molecular flexibility index (Phi) is 4.39. The van der Waals surface area contributed by atoms with Crippen LogP contribution in [-0.2, 0) is 11.2 Å². The number of nitrogens with one attached hydrogen (secondary N) is 2. The fraction of sp³-hybridized carbons (Fsp3) is 0.611. The lowest BCUT2D eigenvalue weighted by Crippen LogP contribution is -2.66. The molecule has 4 nitrogen and oxygen atoms in total. The zero-order chi connectivity index (χ0) is 15.7. The highest BCUT2D eigenvalue weighted by molar-refractivity contribution is 5.81. The number of amides is 1. The lowest BCUT2D eigenvalue weighted by atomic mass is 9.90. The molecular weight excluding hydrogens is 274 g/mol. The number of nitrogens with zero attached hydrogens (tertiary/aromatic N) is 1. The number of hydrogen-bond acceptors (Lipinski definition) is 3. The predicted octanol–water partition coefficient (Wildman–Crippen LogP) is 2.49. The van der Waals surface area contributed by atoms with Crippen LogP contribution in [0.5, 0.6) is 0 Å². The number of hydrogen-bond donors (Lipinski definition) is 2. The molecule has 2 heterocycles. The molecule has 120 valence electrons. The van der Waals surface area contributed by atoms with Gasteiger partial charge in [0.05, 0.1) is 5.92 Å². The van der Waals surface area contributed by atoms with E-state index in [4.69, 9.17) is 0 Å². The zero-order valence-electron chi connectivity index (χ0n) is 13.8. The van der Waals surface area contributed by atoms with E-state index < -0.39 is 0 Å². The van der Waals surface area contributed by atoms with Crippen molar-refractivity contribution in [2.75, 3.05) is 11.4 Å². The van der Waals surface area contributed by atoms with Gasteiger partial charge in [-0.3, -0.25) is 10.1 Å². The van der Waals surface area contributed by atoms with Crippen LogP contribution in [0.2, 0.25) is 0 Å². The first kappa shape index (κ1) is 15.3. The van der Waals surface area contributed by atoms with Crippen molar-refractivity contribution in [1.82, 2.24) is 10.6 Å². The van der Waals surface area contributed by atoms with Gasteiger partial charge in [0.2, 0.25) is 5.91 Å². The van der Waals surface area contributed by atoms with Crippen LogP contribution in [0, 0.1) is 11.8 Å². The summed E-state index contributed by atoms with van der Waals surface area (Å²) in [4.78, 5) is 14.8. The van der Waals surface area contributed by atoms with Gasteiger partial charge in [-0.25, -0.2) is 0 Å². The molecule has 4 heteroatoms. The lowest BCUT2D eigenvalue weighted by molar-refractivity contribution is -0.129. The maximum atomic E-state index is 12.5. The molecule has 3 unspecified atom stereocenters. The van der Waals surface area contributed by atoms with Crippen LogP contribution in [0.4, 0.5) is 5.69 Å². The van der Waals surface area contributed by atoms with Crippen LogP contribution in [0.25, 0.3) is 0 Å². The number of anilines is 1. The number of fused-ring (bicyclic) bond motifs is 1. The van der Waals surface area contributed by atoms with Crippen molar-refractivity contribution in [3.8, 4) is 0 Å². The van der Waals surface area contributed by atoms with E-state index in [9.17, 15) is 4.79 Å². The minimum atomic E-state index is -0.0820. The molecule has 0 bridgehead atoms. The second kappa shape index (κ2) is 6.29. The molecular formula is C18H27N3O. The predicted molar refractivity (Wildman–Crippen MR) is 89.6 cm³/mol. The highest BCUT2D eigenvalue weighted by atomic mass is 16.2. The summed E-state index contributed by atoms with van der Waals surface area (Å²) in [5.41, 5.74) is 2.61. The molecule has 1 aromatic rings. The van der Waals surface area contributed by atoms with Crippen molar-refractivity contribution >= 4 is 11.6 Å². The maximum Gasteiger partial charge on any atom is 0.227 e. The highest BCUT2D eigenvalue weighted by Gasteiger charge is 2.37. The van der Waals surface area contributed by atoms with Gasteiger partial charge in [0, 0.05) is 18.3 Å². The minimum Gasteiger partial charge on any atom is -0.338 e. The van der Waals surface area contributed by atoms with Crippen molar-refractivity contribution in [3.63, 3.8) is 0 Å². The summed E-state index contributed by atoms with van der Waals surface area (Å²) < 4.78 is 0. The fourth-order valence-corrected chi connectivity index (χ4v) is 3.57. The second-order valence-electron chi connectivity index (χ2n) is 7.02. The molecule has 0 spiro atoms. The van der Waals surface area contributed by atoms with Gasteiger partial charge in [-0.2, -0.15) is 0 Å². The lowest BCUT2D eigenvalue weighted by Gasteiger charge is -2.41. The van der Waals surface area contributed by atoms with Crippen molar-refractivity contribution in [1.29, 1.82) is 0 Å². The molecule has 0 radical (unpaired) electrons. The Hall–Kier alpha value is -1.55. The van der Waals surface area contributed by atoms with Gasteiger partial charge >= 0.3 is 0 Å². The third-order valence-corrected chi connectivity index (χ3v) is 4.93. The minimum absolute atomic E-state index is 0.0801. The quantitative estimate of drug-likeness (QED) is 0.898. The van der Waals surface area contributed by atoms with Crippen molar-refractivity contribution in [3.05, 3.63) is 29.8 Å². The summed E-state index contributed by atoms with van der Waals surface area (Å²) in [5, 5.41) is 6.78. The van der Waals surface area contributed by atoms with E-state index >= 15 is 0 Å². The molecule has 1 fully saturated rings. The van der Waals surface area contributed by atoms with Crippen molar-refractivity contribution < 1.29 is 4.79 Å². The molecule has 3 rings (SSSR count). The molecule has 1 aromatic carbocycles. The standard InChI is InChI=1S/C18H27N3O/c1-12(2)8-9-15-13(3)19-18(20-17(15)22)21-11-10-14-6-4-5-7-16(14)21/h4-7,12-13,15,18-19H,8-11H2,1-3H3,(H,20,22). The smallest absolute Gasteiger partial charge is 0.227 e. The fourth-order valence-electron chi connectivity index (χ4n) is 3.57. The maximum absolute atomic E-state index is 12.5. The van der Waals surface area contributed by atoms with Gasteiger partial charge in [-0.05, 0) is 37.3 Å². The number of carbonyl (C=O) groups is 1. The highest BCUT2D eigenvalue weighted by Crippen LogP contribution is 2.30. The van der Waals surface area contributed by atoms with Crippen molar-refractivity contribution in [2.45, 2.75) is 52.4 Å². The number of para-hydroxylation sites is 1. The first-order chi connectivity index (χ1) is 10.6. The van der Waals surface area contributed by atoms with E-state index in [1.54, 1.807) is 0 Å². The molecule has 22 heavy (non-hydrogen) atoms. The summed E-state index contributed by atoms with van der Waals surface area (Å²) in [7, 11) is 0. The molecule has 0 saturated carbocycles. The van der Waals surface area contributed by atoms with Gasteiger partial charge in [-0.15, -0.1) is 0 Å². The average molecular weight is 301 g/mol. The number of benzene rings is 1.